The zero-order chi connectivity index (χ0) is 12.4. The summed E-state index contributed by atoms with van der Waals surface area (Å²) in [6.45, 7) is 8.37. The fourth-order valence-electron chi connectivity index (χ4n) is 3.41. The van der Waals surface area contributed by atoms with Crippen molar-refractivity contribution in [2.75, 3.05) is 0 Å². The van der Waals surface area contributed by atoms with Crippen LogP contribution in [0.25, 0.3) is 0 Å². The Bertz CT molecular complexity index is 212. The van der Waals surface area contributed by atoms with E-state index in [0.29, 0.717) is 12.8 Å². The van der Waals surface area contributed by atoms with E-state index in [1.807, 2.05) is 0 Å². The molecule has 2 unspecified atom stereocenters. The first-order valence-electron chi connectivity index (χ1n) is 6.55. The second-order valence-corrected chi connectivity index (χ2v) is 5.87. The molecule has 0 radical (unpaired) electrons. The number of piperidine rings is 1. The highest BCUT2D eigenvalue weighted by atomic mass is 16.5. The lowest BCUT2D eigenvalue weighted by Crippen LogP contribution is -2.62. The second kappa shape index (κ2) is 5.03. The molecule has 1 heterocycles. The first-order chi connectivity index (χ1) is 7.38. The van der Waals surface area contributed by atoms with Gasteiger partial charge in [0.1, 0.15) is 0 Å². The number of hydrogen-bond acceptors (Lipinski definition) is 3. The van der Waals surface area contributed by atoms with Gasteiger partial charge in [0.2, 0.25) is 0 Å². The molecule has 1 rings (SSSR count). The van der Waals surface area contributed by atoms with Gasteiger partial charge in [0.05, 0.1) is 6.10 Å². The van der Waals surface area contributed by atoms with Gasteiger partial charge in [-0.15, -0.1) is 0 Å². The molecule has 0 aliphatic carbocycles. The van der Waals surface area contributed by atoms with Gasteiger partial charge in [-0.05, 0) is 39.5 Å². The lowest BCUT2D eigenvalue weighted by atomic mass is 9.74. The highest BCUT2D eigenvalue weighted by Crippen LogP contribution is 2.41. The van der Waals surface area contributed by atoms with E-state index in [2.05, 4.69) is 27.7 Å². The molecule has 1 fully saturated rings. The van der Waals surface area contributed by atoms with Gasteiger partial charge in [0, 0.05) is 11.1 Å². The van der Waals surface area contributed by atoms with Crippen LogP contribution in [0.2, 0.25) is 0 Å². The van der Waals surface area contributed by atoms with Crippen LogP contribution >= 0.6 is 0 Å². The molecule has 1 saturated heterocycles. The number of aliphatic hydroxyl groups is 1. The standard InChI is InChI=1S/C13H27NO2/c1-5-7-12(3)9-11(15)10-13(4,8-6-2)14(12)16/h11,15-16H,5-10H2,1-4H3. The van der Waals surface area contributed by atoms with E-state index in [1.165, 1.54) is 0 Å². The fourth-order valence-corrected chi connectivity index (χ4v) is 3.41. The quantitative estimate of drug-likeness (QED) is 0.779. The Balaban J connectivity index is 2.88. The third-order valence-electron chi connectivity index (χ3n) is 3.95. The summed E-state index contributed by atoms with van der Waals surface area (Å²) in [6.07, 6.45) is 4.99. The number of rotatable bonds is 4. The number of aliphatic hydroxyl groups excluding tert-OH is 1. The second-order valence-electron chi connectivity index (χ2n) is 5.87. The van der Waals surface area contributed by atoms with E-state index in [0.717, 1.165) is 25.7 Å². The van der Waals surface area contributed by atoms with Crippen molar-refractivity contribution in [3.8, 4) is 0 Å². The van der Waals surface area contributed by atoms with Crippen LogP contribution in [0, 0.1) is 0 Å². The van der Waals surface area contributed by atoms with Crippen LogP contribution in [-0.4, -0.2) is 32.6 Å². The molecule has 16 heavy (non-hydrogen) atoms. The van der Waals surface area contributed by atoms with Crippen LogP contribution in [0.1, 0.15) is 66.2 Å². The predicted octanol–water partition coefficient (Wildman–Crippen LogP) is 2.95. The van der Waals surface area contributed by atoms with Gasteiger partial charge in [-0.25, -0.2) is 0 Å². The largest absolute Gasteiger partial charge is 0.393 e. The molecule has 0 aromatic carbocycles. The lowest BCUT2D eigenvalue weighted by Gasteiger charge is -2.53. The number of nitrogens with zero attached hydrogens (tertiary/aromatic N) is 1. The van der Waals surface area contributed by atoms with E-state index in [4.69, 9.17) is 0 Å². The maximum absolute atomic E-state index is 10.4. The molecule has 0 aromatic heterocycles. The van der Waals surface area contributed by atoms with Crippen molar-refractivity contribution in [2.24, 2.45) is 0 Å². The molecule has 1 aliphatic heterocycles. The average molecular weight is 229 g/mol. The van der Waals surface area contributed by atoms with Gasteiger partial charge in [-0.3, -0.25) is 0 Å². The molecule has 0 saturated carbocycles. The molecule has 2 atom stereocenters. The maximum Gasteiger partial charge on any atom is 0.0577 e. The Morgan fingerprint density at radius 2 is 1.44 bits per heavy atom. The van der Waals surface area contributed by atoms with Crippen molar-refractivity contribution in [3.05, 3.63) is 0 Å². The molecule has 1 aliphatic rings. The van der Waals surface area contributed by atoms with Gasteiger partial charge in [-0.1, -0.05) is 26.7 Å². The summed E-state index contributed by atoms with van der Waals surface area (Å²) in [7, 11) is 0. The van der Waals surface area contributed by atoms with Crippen LogP contribution < -0.4 is 0 Å². The number of hydroxylamine groups is 2. The van der Waals surface area contributed by atoms with Gasteiger partial charge in [0.25, 0.3) is 0 Å². The Morgan fingerprint density at radius 3 is 1.75 bits per heavy atom. The van der Waals surface area contributed by atoms with Crippen molar-refractivity contribution >= 4 is 0 Å². The average Bonchev–Trinajstić information content (AvgIpc) is 2.14. The molecular formula is C13H27NO2. The molecule has 0 aromatic rings. The Kier molecular flexibility index (Phi) is 4.38. The molecule has 96 valence electrons. The fraction of sp³-hybridized carbons (Fsp3) is 1.00. The molecule has 2 N–H and O–H groups in total. The van der Waals surface area contributed by atoms with E-state index in [1.54, 1.807) is 5.06 Å². The Hall–Kier alpha value is -0.120. The summed E-state index contributed by atoms with van der Waals surface area (Å²) in [4.78, 5) is 0. The summed E-state index contributed by atoms with van der Waals surface area (Å²) in [5, 5.41) is 22.0. The van der Waals surface area contributed by atoms with Crippen molar-refractivity contribution in [3.63, 3.8) is 0 Å². The first-order valence-corrected chi connectivity index (χ1v) is 6.55. The normalized spacial score (nSPS) is 41.2. The van der Waals surface area contributed by atoms with Gasteiger partial charge in [0.15, 0.2) is 0 Å². The highest BCUT2D eigenvalue weighted by Gasteiger charge is 2.48. The minimum absolute atomic E-state index is 0.268. The third-order valence-corrected chi connectivity index (χ3v) is 3.95. The topological polar surface area (TPSA) is 43.7 Å². The minimum atomic E-state index is -0.281. The summed E-state index contributed by atoms with van der Waals surface area (Å²) in [5.41, 5.74) is -0.535. The van der Waals surface area contributed by atoms with E-state index >= 15 is 0 Å². The smallest absolute Gasteiger partial charge is 0.0577 e. The highest BCUT2D eigenvalue weighted by molar-refractivity contribution is 5.00. The van der Waals surface area contributed by atoms with Crippen LogP contribution in [0.4, 0.5) is 0 Å². The summed E-state index contributed by atoms with van der Waals surface area (Å²) in [5.74, 6) is 0. The predicted molar refractivity (Wildman–Crippen MR) is 65.5 cm³/mol. The Morgan fingerprint density at radius 1 is 1.06 bits per heavy atom. The van der Waals surface area contributed by atoms with Crippen molar-refractivity contribution < 1.29 is 10.3 Å². The summed E-state index contributed by atoms with van der Waals surface area (Å²) >= 11 is 0. The molecule has 3 nitrogen and oxygen atoms in total. The molecular weight excluding hydrogens is 202 g/mol. The van der Waals surface area contributed by atoms with Crippen LogP contribution in [0.15, 0.2) is 0 Å². The van der Waals surface area contributed by atoms with Crippen molar-refractivity contribution in [1.82, 2.24) is 5.06 Å². The lowest BCUT2D eigenvalue weighted by molar-refractivity contribution is -0.271. The van der Waals surface area contributed by atoms with Crippen LogP contribution in [0.3, 0.4) is 0 Å². The van der Waals surface area contributed by atoms with Crippen LogP contribution in [-0.2, 0) is 0 Å². The first kappa shape index (κ1) is 13.9. The third kappa shape index (κ3) is 2.58. The van der Waals surface area contributed by atoms with E-state index in [-0.39, 0.29) is 17.2 Å². The van der Waals surface area contributed by atoms with Gasteiger partial charge >= 0.3 is 0 Å². The zero-order valence-electron chi connectivity index (χ0n) is 11.2. The molecule has 0 spiro atoms. The summed E-state index contributed by atoms with van der Waals surface area (Å²) < 4.78 is 0. The zero-order valence-corrected chi connectivity index (χ0v) is 11.2. The van der Waals surface area contributed by atoms with Gasteiger partial charge in [-0.2, -0.15) is 5.06 Å². The van der Waals surface area contributed by atoms with Gasteiger partial charge < -0.3 is 10.3 Å². The number of hydrogen-bond donors (Lipinski definition) is 2. The minimum Gasteiger partial charge on any atom is -0.393 e. The molecule has 0 amide bonds. The van der Waals surface area contributed by atoms with Crippen molar-refractivity contribution in [2.45, 2.75) is 83.4 Å². The van der Waals surface area contributed by atoms with E-state index < -0.39 is 0 Å². The molecule has 3 heteroatoms. The summed E-state index contributed by atoms with van der Waals surface area (Å²) in [6, 6.07) is 0. The Labute approximate surface area is 99.4 Å². The maximum atomic E-state index is 10.4. The SMILES string of the molecule is CCCC1(C)CC(O)CC(C)(CCC)N1O. The monoisotopic (exact) mass is 229 g/mol. The van der Waals surface area contributed by atoms with E-state index in [9.17, 15) is 10.3 Å². The van der Waals surface area contributed by atoms with Crippen molar-refractivity contribution in [1.29, 1.82) is 0 Å². The van der Waals surface area contributed by atoms with Crippen LogP contribution in [0.5, 0.6) is 0 Å². The molecule has 0 bridgehead atoms.